The van der Waals surface area contributed by atoms with E-state index >= 15 is 0 Å². The number of carbonyl (C=O) groups is 2. The molecule has 1 N–H and O–H groups in total. The van der Waals surface area contributed by atoms with Gasteiger partial charge in [0.1, 0.15) is 22.9 Å². The van der Waals surface area contributed by atoms with Gasteiger partial charge in [-0.15, -0.1) is 0 Å². The number of hydrogen-bond donors (Lipinski definition) is 1. The Morgan fingerprint density at radius 2 is 2.06 bits per heavy atom. The number of Topliss-reactive ketones (excluding diaryl/α,β-unsaturated/α-hetero) is 1. The Balaban J connectivity index is 1.58. The first-order chi connectivity index (χ1) is 15.2. The maximum atomic E-state index is 13.3. The van der Waals surface area contributed by atoms with E-state index in [0.717, 1.165) is 12.8 Å². The van der Waals surface area contributed by atoms with Gasteiger partial charge in [0, 0.05) is 37.5 Å². The van der Waals surface area contributed by atoms with Crippen LogP contribution in [-0.2, 0) is 28.5 Å². The minimum absolute atomic E-state index is 0.0312. The molecule has 32 heavy (non-hydrogen) atoms. The van der Waals surface area contributed by atoms with Crippen LogP contribution in [0.5, 0.6) is 0 Å². The molecule has 0 radical (unpaired) electrons. The summed E-state index contributed by atoms with van der Waals surface area (Å²) in [6.45, 7) is 7.25. The number of fused-ring (bicyclic) bond motifs is 6. The Morgan fingerprint density at radius 3 is 2.75 bits per heavy atom. The summed E-state index contributed by atoms with van der Waals surface area (Å²) in [5, 5.41) is 12.3. The molecule has 7 nitrogen and oxygen atoms in total. The zero-order valence-corrected chi connectivity index (χ0v) is 19.2. The minimum atomic E-state index is -1.52. The molecule has 0 aromatic carbocycles. The molecule has 5 rings (SSSR count). The number of carbonyl (C=O) groups excluding carboxylic acids is 2. The van der Waals surface area contributed by atoms with E-state index in [1.165, 1.54) is 18.8 Å². The lowest BCUT2D eigenvalue weighted by molar-refractivity contribution is -0.197. The van der Waals surface area contributed by atoms with Crippen LogP contribution in [-0.4, -0.2) is 54.2 Å². The summed E-state index contributed by atoms with van der Waals surface area (Å²) in [5.41, 5.74) is -1.77. The number of aliphatic hydroxyl groups is 1. The van der Waals surface area contributed by atoms with Crippen molar-refractivity contribution in [2.45, 2.75) is 76.8 Å². The molecule has 2 saturated heterocycles. The first-order valence-corrected chi connectivity index (χ1v) is 11.9. The summed E-state index contributed by atoms with van der Waals surface area (Å²) in [6, 6.07) is 0. The number of ketones is 1. The van der Waals surface area contributed by atoms with E-state index in [9.17, 15) is 14.7 Å². The second-order valence-electron chi connectivity index (χ2n) is 10.5. The molecule has 0 aromatic rings. The summed E-state index contributed by atoms with van der Waals surface area (Å²) in [5.74, 6) is -1.43. The van der Waals surface area contributed by atoms with Crippen LogP contribution in [0.2, 0.25) is 0 Å². The fourth-order valence-electron chi connectivity index (χ4n) is 7.45. The largest absolute Gasteiger partial charge is 0.502 e. The summed E-state index contributed by atoms with van der Waals surface area (Å²) in [4.78, 5) is 25.5. The fraction of sp³-hybridized carbons (Fsp3) is 0.760. The van der Waals surface area contributed by atoms with Crippen LogP contribution in [0.3, 0.4) is 0 Å². The number of ether oxygens (including phenoxy) is 4. The quantitative estimate of drug-likeness (QED) is 0.394. The number of esters is 1. The first-order valence-electron chi connectivity index (χ1n) is 11.9. The molecule has 0 aromatic heterocycles. The molecule has 0 amide bonds. The second kappa shape index (κ2) is 7.40. The van der Waals surface area contributed by atoms with E-state index < -0.39 is 22.8 Å². The summed E-state index contributed by atoms with van der Waals surface area (Å²) in [6.07, 6.45) is 8.24. The molecule has 2 bridgehead atoms. The van der Waals surface area contributed by atoms with Gasteiger partial charge in [-0.3, -0.25) is 9.59 Å². The third-order valence-corrected chi connectivity index (χ3v) is 8.89. The van der Waals surface area contributed by atoms with Crippen molar-refractivity contribution in [2.24, 2.45) is 22.7 Å². The maximum Gasteiger partial charge on any atom is 0.316 e. The lowest BCUT2D eigenvalue weighted by Gasteiger charge is -2.59. The highest BCUT2D eigenvalue weighted by molar-refractivity contribution is 5.89. The van der Waals surface area contributed by atoms with Gasteiger partial charge in [-0.05, 0) is 38.2 Å². The second-order valence-corrected chi connectivity index (χ2v) is 10.5. The van der Waals surface area contributed by atoms with Gasteiger partial charge in [-0.25, -0.2) is 0 Å². The van der Waals surface area contributed by atoms with Crippen LogP contribution in [0.4, 0.5) is 0 Å². The monoisotopic (exact) mass is 446 g/mol. The first kappa shape index (κ1) is 22.1. The molecule has 2 saturated carbocycles. The maximum absolute atomic E-state index is 13.3. The Labute approximate surface area is 189 Å². The Kier molecular flexibility index (Phi) is 5.12. The van der Waals surface area contributed by atoms with Gasteiger partial charge < -0.3 is 24.1 Å². The average molecular weight is 447 g/mol. The smallest absolute Gasteiger partial charge is 0.316 e. The molecule has 4 fully saturated rings. The van der Waals surface area contributed by atoms with E-state index in [-0.39, 0.29) is 35.6 Å². The van der Waals surface area contributed by atoms with Crippen molar-refractivity contribution >= 4 is 11.8 Å². The Hall–Kier alpha value is -1.70. The highest BCUT2D eigenvalue weighted by Crippen LogP contribution is 2.67. The topological polar surface area (TPSA) is 91.3 Å². The Morgan fingerprint density at radius 1 is 1.31 bits per heavy atom. The molecule has 2 aliphatic heterocycles. The van der Waals surface area contributed by atoms with Crippen LogP contribution in [0.1, 0.15) is 59.3 Å². The van der Waals surface area contributed by atoms with E-state index in [0.29, 0.717) is 39.1 Å². The van der Waals surface area contributed by atoms with Gasteiger partial charge in [-0.2, -0.15) is 0 Å². The molecule has 5 aliphatic rings. The third-order valence-electron chi connectivity index (χ3n) is 8.89. The SMILES string of the molecule is CCO/C=C/[C@]1(O)[C@H]2CC=C3CC4(CC[C@]3(C)[C@@H]2[C@@H]2C[C@]1(CC(C)=O)C(=O)O2)OCCO4. The summed E-state index contributed by atoms with van der Waals surface area (Å²) in [7, 11) is 0. The molecule has 2 heterocycles. The summed E-state index contributed by atoms with van der Waals surface area (Å²) < 4.78 is 23.4. The van der Waals surface area contributed by atoms with Crippen LogP contribution < -0.4 is 0 Å². The average Bonchev–Trinajstić information content (AvgIpc) is 3.31. The van der Waals surface area contributed by atoms with E-state index in [2.05, 4.69) is 13.0 Å². The van der Waals surface area contributed by atoms with Crippen molar-refractivity contribution in [1.29, 1.82) is 0 Å². The van der Waals surface area contributed by atoms with Crippen LogP contribution in [0.15, 0.2) is 24.0 Å². The molecular formula is C25H34O7. The van der Waals surface area contributed by atoms with E-state index in [1.807, 2.05) is 6.92 Å². The minimum Gasteiger partial charge on any atom is -0.502 e. The van der Waals surface area contributed by atoms with Crippen molar-refractivity contribution in [3.8, 4) is 0 Å². The zero-order chi connectivity index (χ0) is 22.8. The zero-order valence-electron chi connectivity index (χ0n) is 19.2. The van der Waals surface area contributed by atoms with Crippen LogP contribution in [0.25, 0.3) is 0 Å². The van der Waals surface area contributed by atoms with Gasteiger partial charge >= 0.3 is 5.97 Å². The van der Waals surface area contributed by atoms with Gasteiger partial charge in [-0.1, -0.05) is 18.6 Å². The molecule has 6 atom stereocenters. The Bertz CT molecular complexity index is 872. The lowest BCUT2D eigenvalue weighted by atomic mass is 9.45. The highest BCUT2D eigenvalue weighted by atomic mass is 16.7. The van der Waals surface area contributed by atoms with Gasteiger partial charge in [0.15, 0.2) is 5.79 Å². The number of hydrogen-bond acceptors (Lipinski definition) is 7. The lowest BCUT2D eigenvalue weighted by Crippen LogP contribution is -2.64. The van der Waals surface area contributed by atoms with Gasteiger partial charge in [0.05, 0.1) is 26.1 Å². The number of allylic oxidation sites excluding steroid dienone is 1. The van der Waals surface area contributed by atoms with Crippen LogP contribution in [0, 0.1) is 22.7 Å². The van der Waals surface area contributed by atoms with Crippen LogP contribution >= 0.6 is 0 Å². The van der Waals surface area contributed by atoms with Crippen molar-refractivity contribution in [1.82, 2.24) is 0 Å². The molecule has 0 unspecified atom stereocenters. The molecule has 3 aliphatic carbocycles. The van der Waals surface area contributed by atoms with Crippen molar-refractivity contribution in [3.63, 3.8) is 0 Å². The molecule has 176 valence electrons. The van der Waals surface area contributed by atoms with E-state index in [1.54, 1.807) is 6.08 Å². The highest BCUT2D eigenvalue weighted by Gasteiger charge is 2.73. The molecule has 7 heteroatoms. The molecular weight excluding hydrogens is 412 g/mol. The van der Waals surface area contributed by atoms with Crippen molar-refractivity contribution < 1.29 is 33.6 Å². The van der Waals surface area contributed by atoms with Gasteiger partial charge in [0.25, 0.3) is 0 Å². The standard InChI is InChI=1S/C25H34O7/c1-4-29-10-9-25(28)18-6-5-17-14-24(30-11-12-31-24)8-7-22(17,3)20(18)19-15-23(25,13-16(2)26)21(27)32-19/h5,9-10,18-20,28H,4,6-8,11-15H2,1-3H3/b10-9+/t18-,19-,20-,22-,23+,25-/m0/s1. The van der Waals surface area contributed by atoms with Gasteiger partial charge in [0.2, 0.25) is 0 Å². The summed E-state index contributed by atoms with van der Waals surface area (Å²) >= 11 is 0. The predicted octanol–water partition coefficient (Wildman–Crippen LogP) is 3.06. The normalized spacial score (nSPS) is 44.2. The molecule has 1 spiro atoms. The predicted molar refractivity (Wildman–Crippen MR) is 114 cm³/mol. The third kappa shape index (κ3) is 2.90. The fourth-order valence-corrected chi connectivity index (χ4v) is 7.45. The van der Waals surface area contributed by atoms with Crippen molar-refractivity contribution in [2.75, 3.05) is 19.8 Å². The number of rotatable bonds is 5. The van der Waals surface area contributed by atoms with Crippen molar-refractivity contribution in [3.05, 3.63) is 24.0 Å². The van der Waals surface area contributed by atoms with E-state index in [4.69, 9.17) is 18.9 Å².